The van der Waals surface area contributed by atoms with Crippen LogP contribution >= 0.6 is 0 Å². The van der Waals surface area contributed by atoms with Gasteiger partial charge in [-0.3, -0.25) is 14.4 Å². The van der Waals surface area contributed by atoms with Gasteiger partial charge in [0.05, 0.1) is 12.2 Å². The van der Waals surface area contributed by atoms with Crippen molar-refractivity contribution in [3.05, 3.63) is 77.9 Å². The molecular weight excluding hydrogens is 460 g/mol. The van der Waals surface area contributed by atoms with Gasteiger partial charge < -0.3 is 20.3 Å². The van der Waals surface area contributed by atoms with E-state index < -0.39 is 11.9 Å². The van der Waals surface area contributed by atoms with Crippen LogP contribution in [0.3, 0.4) is 0 Å². The third kappa shape index (κ3) is 5.43. The fraction of sp³-hybridized carbons (Fsp3) is 0.269. The topological polar surface area (TPSA) is 118 Å². The minimum absolute atomic E-state index is 0.0277. The number of rotatable bonds is 7. The summed E-state index contributed by atoms with van der Waals surface area (Å²) in [7, 11) is 1.62. The van der Waals surface area contributed by atoms with Crippen molar-refractivity contribution in [2.45, 2.75) is 31.5 Å². The molecule has 2 heterocycles. The predicted octanol–water partition coefficient (Wildman–Crippen LogP) is 1.77. The fourth-order valence-corrected chi connectivity index (χ4v) is 3.84. The molecule has 1 aliphatic carbocycles. The molecule has 0 saturated heterocycles. The summed E-state index contributed by atoms with van der Waals surface area (Å²) >= 11 is 0. The second-order valence-electron chi connectivity index (χ2n) is 8.83. The Morgan fingerprint density at radius 2 is 1.94 bits per heavy atom. The molecule has 1 saturated carbocycles. The second-order valence-corrected chi connectivity index (χ2v) is 8.83. The zero-order valence-corrected chi connectivity index (χ0v) is 19.8. The summed E-state index contributed by atoms with van der Waals surface area (Å²) < 4.78 is 7.40. The van der Waals surface area contributed by atoms with E-state index in [1.165, 1.54) is 17.3 Å². The first-order valence-corrected chi connectivity index (χ1v) is 11.7. The number of benzene rings is 2. The van der Waals surface area contributed by atoms with E-state index in [9.17, 15) is 14.4 Å². The molecule has 0 spiro atoms. The highest BCUT2D eigenvalue weighted by atomic mass is 16.5. The Bertz CT molecular complexity index is 1310. The molecule has 36 heavy (non-hydrogen) atoms. The Balaban J connectivity index is 1.24. The number of carbonyl (C=O) groups is 3. The van der Waals surface area contributed by atoms with Gasteiger partial charge in [-0.15, -0.1) is 5.10 Å². The van der Waals surface area contributed by atoms with Gasteiger partial charge in [0.2, 0.25) is 11.7 Å². The number of fused-ring (bicyclic) bond motifs is 1. The van der Waals surface area contributed by atoms with E-state index in [4.69, 9.17) is 4.74 Å². The lowest BCUT2D eigenvalue weighted by atomic mass is 10.1. The molecule has 1 aliphatic heterocycles. The van der Waals surface area contributed by atoms with Gasteiger partial charge in [-0.1, -0.05) is 36.4 Å². The van der Waals surface area contributed by atoms with Gasteiger partial charge in [0.25, 0.3) is 11.8 Å². The summed E-state index contributed by atoms with van der Waals surface area (Å²) in [5.41, 5.74) is 2.32. The predicted molar refractivity (Wildman–Crippen MR) is 132 cm³/mol. The number of ether oxygens (including phenoxy) is 1. The van der Waals surface area contributed by atoms with Gasteiger partial charge in [-0.2, -0.15) is 0 Å². The first-order valence-electron chi connectivity index (χ1n) is 11.7. The lowest BCUT2D eigenvalue weighted by molar-refractivity contribution is -0.120. The van der Waals surface area contributed by atoms with Crippen LogP contribution in [0.4, 0.5) is 5.69 Å². The average Bonchev–Trinajstić information content (AvgIpc) is 3.60. The summed E-state index contributed by atoms with van der Waals surface area (Å²) in [6.07, 6.45) is 6.69. The third-order valence-corrected chi connectivity index (χ3v) is 5.96. The van der Waals surface area contributed by atoms with Gasteiger partial charge in [0.15, 0.2) is 0 Å². The maximum atomic E-state index is 13.1. The molecule has 1 unspecified atom stereocenters. The van der Waals surface area contributed by atoms with E-state index in [2.05, 4.69) is 20.7 Å². The molecule has 10 heteroatoms. The van der Waals surface area contributed by atoms with Gasteiger partial charge in [0, 0.05) is 19.2 Å². The molecule has 1 atom stereocenters. The number of likely N-dealkylation sites (N-methyl/N-ethyl adjacent to an activating group) is 1. The van der Waals surface area contributed by atoms with Crippen LogP contribution in [-0.2, 0) is 16.1 Å². The van der Waals surface area contributed by atoms with Gasteiger partial charge >= 0.3 is 0 Å². The van der Waals surface area contributed by atoms with Crippen LogP contribution in [0.15, 0.2) is 60.9 Å². The van der Waals surface area contributed by atoms with E-state index in [0.717, 1.165) is 24.0 Å². The van der Waals surface area contributed by atoms with E-state index >= 15 is 0 Å². The third-order valence-electron chi connectivity index (χ3n) is 5.96. The standard InChI is InChI=1S/C26H26N6O4/c1-31-21-13-17(8-12-23(33)28-19-9-10-19)7-11-22(21)36-15-20(26(31)35)29-25(34)24-27-16-32(30-24)14-18-5-3-2-4-6-18/h2-8,11-13,16,19-20H,9-10,14-15H2,1H3,(H,28,33)(H,29,34)/b12-8+. The number of amides is 3. The van der Waals surface area contributed by atoms with E-state index in [1.807, 2.05) is 30.3 Å². The van der Waals surface area contributed by atoms with Crippen molar-refractivity contribution in [1.82, 2.24) is 25.4 Å². The first-order chi connectivity index (χ1) is 17.5. The van der Waals surface area contributed by atoms with Gasteiger partial charge in [-0.25, -0.2) is 9.67 Å². The summed E-state index contributed by atoms with van der Waals surface area (Å²) in [6, 6.07) is 14.4. The summed E-state index contributed by atoms with van der Waals surface area (Å²) in [5.74, 6) is -0.560. The van der Waals surface area contributed by atoms with Crippen LogP contribution in [0.5, 0.6) is 5.75 Å². The Labute approximate surface area is 208 Å². The SMILES string of the molecule is CN1C(=O)C(NC(=O)c2ncn(Cc3ccccc3)n2)COc2ccc(/C=C/C(=O)NC3CC3)cc21. The Morgan fingerprint density at radius 3 is 2.72 bits per heavy atom. The number of nitrogens with one attached hydrogen (secondary N) is 2. The first kappa shape index (κ1) is 23.3. The van der Waals surface area contributed by atoms with Crippen LogP contribution in [0.2, 0.25) is 0 Å². The van der Waals surface area contributed by atoms with Crippen molar-refractivity contribution in [1.29, 1.82) is 0 Å². The van der Waals surface area contributed by atoms with Gasteiger partial charge in [-0.05, 0) is 42.2 Å². The van der Waals surface area contributed by atoms with Crippen molar-refractivity contribution in [3.63, 3.8) is 0 Å². The average molecular weight is 487 g/mol. The molecule has 1 fully saturated rings. The monoisotopic (exact) mass is 486 g/mol. The molecule has 184 valence electrons. The summed E-state index contributed by atoms with van der Waals surface area (Å²) in [4.78, 5) is 43.4. The smallest absolute Gasteiger partial charge is 0.291 e. The fourth-order valence-electron chi connectivity index (χ4n) is 3.84. The van der Waals surface area contributed by atoms with Crippen LogP contribution in [0.1, 0.15) is 34.6 Å². The normalized spacial score (nSPS) is 17.3. The molecule has 2 aliphatic rings. The van der Waals surface area contributed by atoms with Crippen molar-refractivity contribution >= 4 is 29.5 Å². The van der Waals surface area contributed by atoms with Gasteiger partial charge in [0.1, 0.15) is 24.7 Å². The Kier molecular flexibility index (Phi) is 6.48. The van der Waals surface area contributed by atoms with Crippen LogP contribution in [0, 0.1) is 0 Å². The number of carbonyl (C=O) groups excluding carboxylic acids is 3. The zero-order valence-electron chi connectivity index (χ0n) is 19.8. The molecule has 2 aromatic carbocycles. The molecule has 0 bridgehead atoms. The Hall–Kier alpha value is -4.47. The number of hydrogen-bond donors (Lipinski definition) is 2. The molecular formula is C26H26N6O4. The highest BCUT2D eigenvalue weighted by Gasteiger charge is 2.31. The highest BCUT2D eigenvalue weighted by molar-refractivity contribution is 6.02. The molecule has 3 aromatic rings. The summed E-state index contributed by atoms with van der Waals surface area (Å²) in [6.45, 7) is 0.440. The molecule has 5 rings (SSSR count). The lowest BCUT2D eigenvalue weighted by Crippen LogP contribution is -2.49. The lowest BCUT2D eigenvalue weighted by Gasteiger charge is -2.20. The zero-order chi connectivity index (χ0) is 25.1. The van der Waals surface area contributed by atoms with E-state index in [-0.39, 0.29) is 30.3 Å². The van der Waals surface area contributed by atoms with Crippen molar-refractivity contribution in [2.75, 3.05) is 18.6 Å². The second kappa shape index (κ2) is 10.0. The van der Waals surface area contributed by atoms with Crippen molar-refractivity contribution in [3.8, 4) is 5.75 Å². The van der Waals surface area contributed by atoms with Crippen molar-refractivity contribution in [2.24, 2.45) is 0 Å². The number of hydrogen-bond acceptors (Lipinski definition) is 6. The van der Waals surface area contributed by atoms with E-state index in [1.54, 1.807) is 36.0 Å². The largest absolute Gasteiger partial charge is 0.489 e. The number of nitrogens with zero attached hydrogens (tertiary/aromatic N) is 4. The minimum Gasteiger partial charge on any atom is -0.489 e. The number of aromatic nitrogens is 3. The van der Waals surface area contributed by atoms with E-state index in [0.29, 0.717) is 18.0 Å². The maximum absolute atomic E-state index is 13.1. The molecule has 2 N–H and O–H groups in total. The Morgan fingerprint density at radius 1 is 1.14 bits per heavy atom. The molecule has 1 aromatic heterocycles. The van der Waals surface area contributed by atoms with Crippen LogP contribution in [-0.4, -0.2) is 58.2 Å². The molecule has 3 amide bonds. The quantitative estimate of drug-likeness (QED) is 0.492. The van der Waals surface area contributed by atoms with Crippen molar-refractivity contribution < 1.29 is 19.1 Å². The van der Waals surface area contributed by atoms with Crippen LogP contribution < -0.4 is 20.3 Å². The summed E-state index contributed by atoms with van der Waals surface area (Å²) in [5, 5.41) is 9.82. The highest BCUT2D eigenvalue weighted by Crippen LogP contribution is 2.32. The minimum atomic E-state index is -0.917. The molecule has 0 radical (unpaired) electrons. The maximum Gasteiger partial charge on any atom is 0.291 e. The molecule has 10 nitrogen and oxygen atoms in total. The number of anilines is 1. The van der Waals surface area contributed by atoms with Crippen LogP contribution in [0.25, 0.3) is 6.08 Å².